The van der Waals surface area contributed by atoms with Crippen LogP contribution in [0.15, 0.2) is 61.6 Å². The molecule has 1 N–H and O–H groups in total. The third-order valence-electron chi connectivity index (χ3n) is 6.79. The lowest BCUT2D eigenvalue weighted by Gasteiger charge is -2.03. The van der Waals surface area contributed by atoms with Gasteiger partial charge in [0.1, 0.15) is 5.65 Å². The zero-order valence-corrected chi connectivity index (χ0v) is 19.3. The summed E-state index contributed by atoms with van der Waals surface area (Å²) in [4.78, 5) is 21.9. The van der Waals surface area contributed by atoms with Crippen LogP contribution in [0, 0.1) is 5.92 Å². The molecule has 1 aliphatic rings. The van der Waals surface area contributed by atoms with Gasteiger partial charge in [0.15, 0.2) is 0 Å². The van der Waals surface area contributed by atoms with Crippen molar-refractivity contribution in [2.45, 2.75) is 45.7 Å². The normalized spacial score (nSPS) is 17.5. The number of carbonyl (C=O) groups excluding carboxylic acids is 1. The molecule has 6 rings (SSSR count). The highest BCUT2D eigenvalue weighted by molar-refractivity contribution is 5.93. The smallest absolute Gasteiger partial charge is 0.254 e. The van der Waals surface area contributed by atoms with Crippen LogP contribution < -0.4 is 5.32 Å². The lowest BCUT2D eigenvalue weighted by molar-refractivity contribution is 0.0950. The molecule has 0 spiro atoms. The monoisotopic (exact) mass is 453 g/mol. The molecule has 2 atom stereocenters. The minimum atomic E-state index is -0.169. The Morgan fingerprint density at radius 1 is 1.18 bits per heavy atom. The van der Waals surface area contributed by atoms with Crippen molar-refractivity contribution in [3.05, 3.63) is 89.7 Å². The topological polar surface area (TPSA) is 81.5 Å². The molecule has 5 heterocycles. The van der Waals surface area contributed by atoms with Gasteiger partial charge in [-0.05, 0) is 54.0 Å². The van der Waals surface area contributed by atoms with E-state index in [0.717, 1.165) is 34.9 Å². The molecule has 1 amide bonds. The quantitative estimate of drug-likeness (QED) is 0.406. The van der Waals surface area contributed by atoms with Gasteiger partial charge in [-0.3, -0.25) is 9.48 Å². The van der Waals surface area contributed by atoms with Crippen molar-refractivity contribution in [1.82, 2.24) is 33.9 Å². The van der Waals surface area contributed by atoms with E-state index in [1.54, 1.807) is 23.4 Å². The van der Waals surface area contributed by atoms with Gasteiger partial charge in [-0.15, -0.1) is 0 Å². The summed E-state index contributed by atoms with van der Waals surface area (Å²) in [5, 5.41) is 7.34. The first-order valence-corrected chi connectivity index (χ1v) is 11.8. The fraction of sp³-hybridized carbons (Fsp3) is 0.308. The molecule has 34 heavy (non-hydrogen) atoms. The van der Waals surface area contributed by atoms with Crippen LogP contribution in [-0.2, 0) is 19.5 Å². The average Bonchev–Trinajstić information content (AvgIpc) is 3.21. The van der Waals surface area contributed by atoms with Crippen LogP contribution in [0.1, 0.15) is 59.1 Å². The van der Waals surface area contributed by atoms with Crippen LogP contribution in [0.5, 0.6) is 0 Å². The zero-order valence-electron chi connectivity index (χ0n) is 19.3. The van der Waals surface area contributed by atoms with Crippen molar-refractivity contribution >= 4 is 17.1 Å². The number of imidazole rings is 2. The van der Waals surface area contributed by atoms with Gasteiger partial charge in [-0.2, -0.15) is 5.10 Å². The van der Waals surface area contributed by atoms with Crippen LogP contribution in [-0.4, -0.2) is 34.5 Å². The minimum Gasteiger partial charge on any atom is -0.346 e. The summed E-state index contributed by atoms with van der Waals surface area (Å²) in [5.74, 6) is 1.28. The number of carbonyl (C=O) groups is 1. The second-order valence-electron chi connectivity index (χ2n) is 9.26. The maximum atomic E-state index is 12.7. The van der Waals surface area contributed by atoms with E-state index >= 15 is 0 Å². The fourth-order valence-electron chi connectivity index (χ4n) is 4.58. The lowest BCUT2D eigenvalue weighted by Crippen LogP contribution is -2.22. The number of amides is 1. The van der Waals surface area contributed by atoms with Crippen molar-refractivity contribution < 1.29 is 4.79 Å². The molecular formula is C26H27N7O. The van der Waals surface area contributed by atoms with E-state index < -0.39 is 0 Å². The van der Waals surface area contributed by atoms with Crippen molar-refractivity contribution in [3.8, 4) is 0 Å². The molecule has 0 bridgehead atoms. The Bertz CT molecular complexity index is 1510. The molecule has 1 saturated carbocycles. The highest BCUT2D eigenvalue weighted by atomic mass is 16.1. The number of nitrogens with one attached hydrogen (secondary N) is 1. The van der Waals surface area contributed by atoms with E-state index in [1.165, 1.54) is 17.5 Å². The van der Waals surface area contributed by atoms with Crippen LogP contribution in [0.25, 0.3) is 11.2 Å². The van der Waals surface area contributed by atoms with Gasteiger partial charge in [-0.25, -0.2) is 9.97 Å². The van der Waals surface area contributed by atoms with E-state index in [9.17, 15) is 4.79 Å². The van der Waals surface area contributed by atoms with Crippen LogP contribution in [0.4, 0.5) is 0 Å². The first-order chi connectivity index (χ1) is 16.6. The molecule has 0 radical (unpaired) electrons. The standard InChI is InChI=1S/C26H27N7O/c1-3-18-6-7-31-16-28-23(24(31)9-18)11-27-26(34)20-10-29-33(13-20)15-21-14-32-12-19(22-8-17(22)2)4-5-25(32)30-21/h4-7,9-10,12-14,16-17,22H,3,8,11,15H2,1-2H3,(H,27,34). The van der Waals surface area contributed by atoms with Crippen molar-refractivity contribution in [2.75, 3.05) is 0 Å². The van der Waals surface area contributed by atoms with Crippen LogP contribution in [0.3, 0.4) is 0 Å². The molecule has 5 aromatic heterocycles. The van der Waals surface area contributed by atoms with Crippen molar-refractivity contribution in [3.63, 3.8) is 0 Å². The van der Waals surface area contributed by atoms with E-state index in [0.29, 0.717) is 24.6 Å². The van der Waals surface area contributed by atoms with E-state index in [2.05, 4.69) is 64.1 Å². The second-order valence-corrected chi connectivity index (χ2v) is 9.26. The van der Waals surface area contributed by atoms with Gasteiger partial charge in [0, 0.05) is 24.8 Å². The number of pyridine rings is 2. The maximum absolute atomic E-state index is 12.7. The third kappa shape index (κ3) is 3.85. The molecule has 8 heteroatoms. The fourth-order valence-corrected chi connectivity index (χ4v) is 4.58. The van der Waals surface area contributed by atoms with Gasteiger partial charge in [0.2, 0.25) is 0 Å². The number of aromatic nitrogens is 6. The Hall–Kier alpha value is -3.94. The predicted molar refractivity (Wildman–Crippen MR) is 129 cm³/mol. The number of nitrogens with zero attached hydrogens (tertiary/aromatic N) is 6. The van der Waals surface area contributed by atoms with Crippen LogP contribution >= 0.6 is 0 Å². The predicted octanol–water partition coefficient (Wildman–Crippen LogP) is 3.84. The molecule has 0 saturated heterocycles. The summed E-state index contributed by atoms with van der Waals surface area (Å²) in [6.45, 7) is 5.29. The number of hydrogen-bond acceptors (Lipinski definition) is 4. The summed E-state index contributed by atoms with van der Waals surface area (Å²) < 4.78 is 5.81. The highest BCUT2D eigenvalue weighted by Gasteiger charge is 2.34. The Morgan fingerprint density at radius 2 is 2.06 bits per heavy atom. The maximum Gasteiger partial charge on any atom is 0.254 e. The Balaban J connectivity index is 1.12. The molecule has 0 aliphatic heterocycles. The Labute approximate surface area is 197 Å². The van der Waals surface area contributed by atoms with Gasteiger partial charge in [0.05, 0.1) is 48.1 Å². The number of aryl methyl sites for hydroxylation is 1. The van der Waals surface area contributed by atoms with Crippen molar-refractivity contribution in [1.29, 1.82) is 0 Å². The largest absolute Gasteiger partial charge is 0.346 e. The number of rotatable bonds is 7. The van der Waals surface area contributed by atoms with Gasteiger partial charge < -0.3 is 14.1 Å². The molecule has 5 aromatic rings. The summed E-state index contributed by atoms with van der Waals surface area (Å²) in [5.41, 5.74) is 6.84. The Kier molecular flexibility index (Phi) is 4.94. The molecule has 1 aliphatic carbocycles. The molecule has 2 unspecified atom stereocenters. The summed E-state index contributed by atoms with van der Waals surface area (Å²) in [6.07, 6.45) is 13.6. The van der Waals surface area contributed by atoms with Gasteiger partial charge >= 0.3 is 0 Å². The number of hydrogen-bond donors (Lipinski definition) is 1. The van der Waals surface area contributed by atoms with E-state index in [-0.39, 0.29) is 5.91 Å². The van der Waals surface area contributed by atoms with Crippen LogP contribution in [0.2, 0.25) is 0 Å². The van der Waals surface area contributed by atoms with E-state index in [4.69, 9.17) is 4.98 Å². The first kappa shape index (κ1) is 20.7. The first-order valence-electron chi connectivity index (χ1n) is 11.8. The molecule has 8 nitrogen and oxygen atoms in total. The second kappa shape index (κ2) is 8.13. The molecular weight excluding hydrogens is 426 g/mol. The van der Waals surface area contributed by atoms with Crippen molar-refractivity contribution in [2.24, 2.45) is 5.92 Å². The lowest BCUT2D eigenvalue weighted by atomic mass is 10.1. The SMILES string of the molecule is CCc1ccn2cnc(CNC(=O)c3cnn(Cc4cn5cc(C6CC6C)ccc5n4)c3)c2c1. The average molecular weight is 454 g/mol. The third-order valence-corrected chi connectivity index (χ3v) is 6.79. The van der Waals surface area contributed by atoms with E-state index in [1.807, 2.05) is 16.8 Å². The minimum absolute atomic E-state index is 0.169. The molecule has 172 valence electrons. The highest BCUT2D eigenvalue weighted by Crippen LogP contribution is 2.46. The molecule has 1 fully saturated rings. The molecule has 0 aromatic carbocycles. The Morgan fingerprint density at radius 3 is 2.88 bits per heavy atom. The zero-order chi connectivity index (χ0) is 23.2. The summed E-state index contributed by atoms with van der Waals surface area (Å²) in [7, 11) is 0. The van der Waals surface area contributed by atoms with Gasteiger partial charge in [0.25, 0.3) is 5.91 Å². The van der Waals surface area contributed by atoms with Gasteiger partial charge in [-0.1, -0.05) is 19.9 Å². The summed E-state index contributed by atoms with van der Waals surface area (Å²) in [6, 6.07) is 8.47. The number of fused-ring (bicyclic) bond motifs is 2. The summed E-state index contributed by atoms with van der Waals surface area (Å²) >= 11 is 0.